The molecule has 1 fully saturated rings. The molecule has 0 unspecified atom stereocenters. The van der Waals surface area contributed by atoms with Gasteiger partial charge in [-0.15, -0.1) is 0 Å². The summed E-state index contributed by atoms with van der Waals surface area (Å²) in [6.45, 7) is 0. The van der Waals surface area contributed by atoms with E-state index in [2.05, 4.69) is 61.9 Å². The molecule has 3 aromatic rings. The first-order chi connectivity index (χ1) is 9.83. The van der Waals surface area contributed by atoms with Gasteiger partial charge in [0.1, 0.15) is 0 Å². The molecular formula is C16H14AsN3. The number of fused-ring (bicyclic) bond motifs is 1. The molecule has 4 rings (SSSR count). The average Bonchev–Trinajstić information content (AvgIpc) is 2.77. The van der Waals surface area contributed by atoms with Gasteiger partial charge in [-0.1, -0.05) is 0 Å². The van der Waals surface area contributed by atoms with Crippen LogP contribution in [0.4, 0.5) is 0 Å². The van der Waals surface area contributed by atoms with Crippen molar-refractivity contribution >= 4 is 32.5 Å². The first-order valence-corrected chi connectivity index (χ1v) is 7.89. The Kier molecular flexibility index (Phi) is 2.89. The van der Waals surface area contributed by atoms with Crippen molar-refractivity contribution in [3.8, 4) is 11.1 Å². The van der Waals surface area contributed by atoms with Crippen molar-refractivity contribution in [2.45, 2.75) is 25.3 Å². The number of hydrogen-bond donors (Lipinski definition) is 0. The van der Waals surface area contributed by atoms with Crippen LogP contribution < -0.4 is 4.61 Å². The van der Waals surface area contributed by atoms with E-state index in [1.165, 1.54) is 30.4 Å². The summed E-state index contributed by atoms with van der Waals surface area (Å²) >= 11 is 2.43. The van der Waals surface area contributed by atoms with Crippen molar-refractivity contribution < 1.29 is 0 Å². The van der Waals surface area contributed by atoms with E-state index in [9.17, 15) is 0 Å². The first-order valence-electron chi connectivity index (χ1n) is 6.95. The molecule has 0 spiro atoms. The molecule has 0 bridgehead atoms. The molecule has 3 nitrogen and oxygen atoms in total. The second-order valence-corrected chi connectivity index (χ2v) is 6.15. The van der Waals surface area contributed by atoms with Crippen molar-refractivity contribution in [2.75, 3.05) is 0 Å². The second kappa shape index (κ2) is 4.75. The number of hydrogen-bond acceptors (Lipinski definition) is 2. The van der Waals surface area contributed by atoms with Crippen LogP contribution in [-0.4, -0.2) is 31.4 Å². The molecule has 98 valence electrons. The monoisotopic (exact) mass is 323 g/mol. The molecular weight excluding hydrogens is 309 g/mol. The van der Waals surface area contributed by atoms with Crippen molar-refractivity contribution in [1.29, 1.82) is 0 Å². The van der Waals surface area contributed by atoms with Gasteiger partial charge >= 0.3 is 126 Å². The van der Waals surface area contributed by atoms with E-state index in [-0.39, 0.29) is 0 Å². The van der Waals surface area contributed by atoms with Gasteiger partial charge in [0, 0.05) is 0 Å². The average molecular weight is 323 g/mol. The van der Waals surface area contributed by atoms with Crippen LogP contribution in [0.25, 0.3) is 22.2 Å². The summed E-state index contributed by atoms with van der Waals surface area (Å²) < 4.78 is 3.13. The van der Waals surface area contributed by atoms with Gasteiger partial charge in [-0.25, -0.2) is 0 Å². The van der Waals surface area contributed by atoms with Gasteiger partial charge in [0.15, 0.2) is 0 Å². The quantitative estimate of drug-likeness (QED) is 0.679. The number of benzene rings is 1. The summed E-state index contributed by atoms with van der Waals surface area (Å²) in [5.41, 5.74) is 3.54. The zero-order valence-corrected chi connectivity index (χ0v) is 12.9. The Morgan fingerprint density at radius 1 is 1.15 bits per heavy atom. The maximum atomic E-state index is 4.65. The van der Waals surface area contributed by atoms with Crippen molar-refractivity contribution in [2.24, 2.45) is 0 Å². The van der Waals surface area contributed by atoms with E-state index in [0.29, 0.717) is 6.04 Å². The normalized spacial score (nSPS) is 15.4. The van der Waals surface area contributed by atoms with Gasteiger partial charge in [0.2, 0.25) is 0 Å². The van der Waals surface area contributed by atoms with Crippen LogP contribution in [0.5, 0.6) is 0 Å². The molecule has 0 aliphatic heterocycles. The Bertz CT molecular complexity index is 760. The molecule has 0 N–H and O–H groups in total. The van der Waals surface area contributed by atoms with E-state index in [1.807, 2.05) is 12.3 Å². The first kappa shape index (κ1) is 12.2. The standard InChI is InChI=1S/C16H14AsN3/c17-16-18-9-13-14(11-5-2-1-3-6-11)10-20(15(13)19-16)12-7-4-8-12/h1-3,5-6,9-10,12H,4,7-8H2. The SMILES string of the molecule is [As]c1ncc2c(-c3ccccc3)cn(C3CCC3)c2n1. The van der Waals surface area contributed by atoms with Gasteiger partial charge in [-0.2, -0.15) is 0 Å². The third-order valence-electron chi connectivity index (χ3n) is 4.11. The zero-order chi connectivity index (χ0) is 13.5. The van der Waals surface area contributed by atoms with Gasteiger partial charge in [-0.05, 0) is 0 Å². The Morgan fingerprint density at radius 3 is 2.65 bits per heavy atom. The third kappa shape index (κ3) is 1.89. The third-order valence-corrected chi connectivity index (χ3v) is 4.56. The molecule has 20 heavy (non-hydrogen) atoms. The fourth-order valence-corrected chi connectivity index (χ4v) is 3.13. The molecule has 1 aromatic carbocycles. The van der Waals surface area contributed by atoms with Gasteiger partial charge in [0.25, 0.3) is 0 Å². The van der Waals surface area contributed by atoms with Crippen molar-refractivity contribution in [3.63, 3.8) is 0 Å². The summed E-state index contributed by atoms with van der Waals surface area (Å²) in [5, 5.41) is 1.15. The topological polar surface area (TPSA) is 30.7 Å². The molecule has 0 saturated heterocycles. The van der Waals surface area contributed by atoms with Gasteiger partial charge in [-0.3, -0.25) is 0 Å². The molecule has 2 radical (unpaired) electrons. The van der Waals surface area contributed by atoms with Crippen LogP contribution in [0.1, 0.15) is 25.3 Å². The molecule has 0 amide bonds. The molecule has 2 aromatic heterocycles. The van der Waals surface area contributed by atoms with Gasteiger partial charge in [0.05, 0.1) is 0 Å². The van der Waals surface area contributed by atoms with Crippen molar-refractivity contribution in [3.05, 3.63) is 42.7 Å². The Balaban J connectivity index is 1.97. The fraction of sp³-hybridized carbons (Fsp3) is 0.250. The summed E-state index contributed by atoms with van der Waals surface area (Å²) in [6, 6.07) is 11.1. The summed E-state index contributed by atoms with van der Waals surface area (Å²) in [4.78, 5) is 9.01. The number of aromatic nitrogens is 3. The summed E-state index contributed by atoms with van der Waals surface area (Å²) in [6.07, 6.45) is 8.05. The van der Waals surface area contributed by atoms with Crippen LogP contribution >= 0.6 is 0 Å². The van der Waals surface area contributed by atoms with Gasteiger partial charge < -0.3 is 0 Å². The van der Waals surface area contributed by atoms with Crippen LogP contribution in [-0.2, 0) is 0 Å². The predicted octanol–water partition coefficient (Wildman–Crippen LogP) is 2.62. The van der Waals surface area contributed by atoms with Crippen LogP contribution in [0.3, 0.4) is 0 Å². The minimum atomic E-state index is 0.608. The maximum absolute atomic E-state index is 4.65. The van der Waals surface area contributed by atoms with E-state index in [1.54, 1.807) is 0 Å². The van der Waals surface area contributed by atoms with Crippen LogP contribution in [0, 0.1) is 0 Å². The van der Waals surface area contributed by atoms with Crippen LogP contribution in [0.15, 0.2) is 42.7 Å². The molecule has 2 heterocycles. The molecule has 1 aliphatic rings. The summed E-state index contributed by atoms with van der Waals surface area (Å²) in [7, 11) is 0. The minimum absolute atomic E-state index is 0.608. The Hall–Kier alpha value is -1.60. The van der Waals surface area contributed by atoms with Crippen molar-refractivity contribution in [1.82, 2.24) is 14.5 Å². The van der Waals surface area contributed by atoms with E-state index >= 15 is 0 Å². The second-order valence-electron chi connectivity index (χ2n) is 5.31. The number of nitrogens with zero attached hydrogens (tertiary/aromatic N) is 3. The summed E-state index contributed by atoms with van der Waals surface area (Å²) in [5.74, 6) is 0. The molecule has 0 atom stereocenters. The fourth-order valence-electron chi connectivity index (χ4n) is 2.81. The van der Waals surface area contributed by atoms with E-state index in [0.717, 1.165) is 15.6 Å². The molecule has 1 aliphatic carbocycles. The Labute approximate surface area is 126 Å². The molecule has 4 heteroatoms. The molecule has 1 saturated carbocycles. The predicted molar refractivity (Wildman–Crippen MR) is 81.2 cm³/mol. The number of rotatable bonds is 2. The van der Waals surface area contributed by atoms with E-state index < -0.39 is 0 Å². The van der Waals surface area contributed by atoms with E-state index in [4.69, 9.17) is 0 Å². The Morgan fingerprint density at radius 2 is 1.95 bits per heavy atom. The van der Waals surface area contributed by atoms with Crippen LogP contribution in [0.2, 0.25) is 0 Å². The zero-order valence-electron chi connectivity index (χ0n) is 11.0.